The summed E-state index contributed by atoms with van der Waals surface area (Å²) >= 11 is 0. The van der Waals surface area contributed by atoms with E-state index in [4.69, 9.17) is 9.47 Å². The van der Waals surface area contributed by atoms with Gasteiger partial charge in [0.15, 0.2) is 0 Å². The van der Waals surface area contributed by atoms with E-state index in [0.29, 0.717) is 13.2 Å². The van der Waals surface area contributed by atoms with Crippen LogP contribution in [0.4, 0.5) is 0 Å². The Balaban J connectivity index is 1.42. The fourth-order valence-electron chi connectivity index (χ4n) is 2.44. The summed E-state index contributed by atoms with van der Waals surface area (Å²) in [6, 6.07) is 13.8. The Morgan fingerprint density at radius 2 is 1.00 bits per heavy atom. The second-order valence-electron chi connectivity index (χ2n) is 5.81. The van der Waals surface area contributed by atoms with E-state index in [9.17, 15) is 10.2 Å². The van der Waals surface area contributed by atoms with Crippen molar-refractivity contribution in [1.29, 1.82) is 0 Å². The molecule has 0 spiro atoms. The van der Waals surface area contributed by atoms with Crippen LogP contribution < -0.4 is 9.47 Å². The van der Waals surface area contributed by atoms with Crippen molar-refractivity contribution in [3.05, 3.63) is 48.5 Å². The molecule has 0 radical (unpaired) electrons. The number of hydrogen-bond donors (Lipinski definition) is 2. The van der Waals surface area contributed by atoms with Crippen LogP contribution in [0.3, 0.4) is 0 Å². The van der Waals surface area contributed by atoms with Crippen LogP contribution >= 0.6 is 0 Å². The van der Waals surface area contributed by atoms with E-state index in [1.165, 1.54) is 12.8 Å². The first-order valence-corrected chi connectivity index (χ1v) is 8.58. The Morgan fingerprint density at radius 1 is 0.583 bits per heavy atom. The number of hydrogen-bond acceptors (Lipinski definition) is 4. The van der Waals surface area contributed by atoms with E-state index < -0.39 is 0 Å². The predicted octanol–water partition coefficient (Wildman–Crippen LogP) is 4.90. The molecule has 2 rings (SSSR count). The van der Waals surface area contributed by atoms with Crippen molar-refractivity contribution in [2.45, 2.75) is 38.5 Å². The zero-order valence-electron chi connectivity index (χ0n) is 14.0. The molecule has 0 saturated carbocycles. The van der Waals surface area contributed by atoms with Crippen LogP contribution in [0.15, 0.2) is 48.5 Å². The van der Waals surface area contributed by atoms with Gasteiger partial charge in [0.25, 0.3) is 0 Å². The molecular formula is C20H26O4. The zero-order chi connectivity index (χ0) is 17.0. The third kappa shape index (κ3) is 7.27. The lowest BCUT2D eigenvalue weighted by Crippen LogP contribution is -1.98. The highest BCUT2D eigenvalue weighted by Crippen LogP contribution is 2.19. The molecule has 0 atom stereocenters. The van der Waals surface area contributed by atoms with Gasteiger partial charge in [0, 0.05) is 12.1 Å². The Labute approximate surface area is 143 Å². The average Bonchev–Trinajstić information content (AvgIpc) is 2.57. The molecule has 2 aromatic carbocycles. The highest BCUT2D eigenvalue weighted by molar-refractivity contribution is 5.32. The Bertz CT molecular complexity index is 544. The molecule has 0 aliphatic rings. The normalized spacial score (nSPS) is 10.5. The van der Waals surface area contributed by atoms with Crippen LogP contribution in [0.5, 0.6) is 23.0 Å². The first kappa shape index (κ1) is 18.0. The highest BCUT2D eigenvalue weighted by Gasteiger charge is 1.97. The topological polar surface area (TPSA) is 58.9 Å². The number of benzene rings is 2. The van der Waals surface area contributed by atoms with Crippen LogP contribution in [-0.2, 0) is 0 Å². The Kier molecular flexibility index (Phi) is 7.81. The molecule has 4 heteroatoms. The predicted molar refractivity (Wildman–Crippen MR) is 94.9 cm³/mol. The van der Waals surface area contributed by atoms with Gasteiger partial charge in [-0.3, -0.25) is 0 Å². The second kappa shape index (κ2) is 10.4. The largest absolute Gasteiger partial charge is 0.508 e. The van der Waals surface area contributed by atoms with Gasteiger partial charge in [-0.1, -0.05) is 37.8 Å². The van der Waals surface area contributed by atoms with Crippen molar-refractivity contribution < 1.29 is 19.7 Å². The van der Waals surface area contributed by atoms with E-state index >= 15 is 0 Å². The Morgan fingerprint density at radius 3 is 1.42 bits per heavy atom. The minimum atomic E-state index is 0.237. The molecule has 2 N–H and O–H groups in total. The summed E-state index contributed by atoms with van der Waals surface area (Å²) in [5.41, 5.74) is 0. The fraction of sp³-hybridized carbons (Fsp3) is 0.400. The summed E-state index contributed by atoms with van der Waals surface area (Å²) in [6.07, 6.45) is 6.72. The van der Waals surface area contributed by atoms with Crippen molar-refractivity contribution in [2.75, 3.05) is 13.2 Å². The summed E-state index contributed by atoms with van der Waals surface area (Å²) in [7, 11) is 0. The van der Waals surface area contributed by atoms with Gasteiger partial charge < -0.3 is 19.7 Å². The van der Waals surface area contributed by atoms with Crippen LogP contribution in [-0.4, -0.2) is 23.4 Å². The smallest absolute Gasteiger partial charge is 0.122 e. The fourth-order valence-corrected chi connectivity index (χ4v) is 2.44. The minimum Gasteiger partial charge on any atom is -0.508 e. The molecule has 0 aliphatic heterocycles. The number of phenols is 2. The summed E-state index contributed by atoms with van der Waals surface area (Å²) < 4.78 is 11.2. The van der Waals surface area contributed by atoms with Crippen molar-refractivity contribution >= 4 is 0 Å². The van der Waals surface area contributed by atoms with Crippen LogP contribution in [0.2, 0.25) is 0 Å². The molecule has 2 aromatic rings. The van der Waals surface area contributed by atoms with Gasteiger partial charge in [0.2, 0.25) is 0 Å². The van der Waals surface area contributed by atoms with E-state index in [0.717, 1.165) is 37.2 Å². The van der Waals surface area contributed by atoms with Gasteiger partial charge in [0.1, 0.15) is 23.0 Å². The van der Waals surface area contributed by atoms with Crippen molar-refractivity contribution in [3.63, 3.8) is 0 Å². The number of ether oxygens (including phenoxy) is 2. The third-order valence-corrected chi connectivity index (χ3v) is 3.71. The molecule has 0 heterocycles. The summed E-state index contributed by atoms with van der Waals surface area (Å²) in [6.45, 7) is 1.37. The van der Waals surface area contributed by atoms with Crippen LogP contribution in [0.1, 0.15) is 38.5 Å². The minimum absolute atomic E-state index is 0.237. The van der Waals surface area contributed by atoms with Gasteiger partial charge >= 0.3 is 0 Å². The van der Waals surface area contributed by atoms with Gasteiger partial charge in [-0.15, -0.1) is 0 Å². The molecule has 0 fully saturated rings. The molecule has 130 valence electrons. The van der Waals surface area contributed by atoms with Crippen LogP contribution in [0, 0.1) is 0 Å². The van der Waals surface area contributed by atoms with E-state index in [1.807, 2.05) is 12.1 Å². The number of unbranched alkanes of at least 4 members (excludes halogenated alkanes) is 5. The standard InChI is InChI=1S/C20H26O4/c21-17-9-7-11-19(15-17)23-13-5-3-1-2-4-6-14-24-20-12-8-10-18(22)16-20/h7-12,15-16,21-22H,1-6,13-14H2. The third-order valence-electron chi connectivity index (χ3n) is 3.71. The SMILES string of the molecule is Oc1cccc(OCCCCCCCCOc2cccc(O)c2)c1. The summed E-state index contributed by atoms with van der Waals surface area (Å²) in [5.74, 6) is 1.92. The quantitative estimate of drug-likeness (QED) is 0.576. The maximum atomic E-state index is 9.34. The van der Waals surface area contributed by atoms with Gasteiger partial charge in [0.05, 0.1) is 13.2 Å². The van der Waals surface area contributed by atoms with E-state index in [-0.39, 0.29) is 11.5 Å². The lowest BCUT2D eigenvalue weighted by Gasteiger charge is -2.07. The first-order valence-electron chi connectivity index (χ1n) is 8.58. The molecule has 4 nitrogen and oxygen atoms in total. The lowest BCUT2D eigenvalue weighted by atomic mass is 10.1. The molecule has 0 aromatic heterocycles. The van der Waals surface area contributed by atoms with Gasteiger partial charge in [-0.05, 0) is 37.1 Å². The molecule has 0 unspecified atom stereocenters. The first-order chi connectivity index (χ1) is 11.7. The maximum absolute atomic E-state index is 9.34. The average molecular weight is 330 g/mol. The van der Waals surface area contributed by atoms with Crippen molar-refractivity contribution in [2.24, 2.45) is 0 Å². The monoisotopic (exact) mass is 330 g/mol. The maximum Gasteiger partial charge on any atom is 0.122 e. The zero-order valence-corrected chi connectivity index (χ0v) is 14.0. The second-order valence-corrected chi connectivity index (χ2v) is 5.81. The number of phenolic OH excluding ortho intramolecular Hbond substituents is 2. The van der Waals surface area contributed by atoms with Crippen LogP contribution in [0.25, 0.3) is 0 Å². The summed E-state index contributed by atoms with van der Waals surface area (Å²) in [5, 5.41) is 18.7. The molecule has 0 saturated heterocycles. The van der Waals surface area contributed by atoms with Gasteiger partial charge in [-0.25, -0.2) is 0 Å². The highest BCUT2D eigenvalue weighted by atomic mass is 16.5. The van der Waals surface area contributed by atoms with E-state index in [1.54, 1.807) is 36.4 Å². The lowest BCUT2D eigenvalue weighted by molar-refractivity contribution is 0.295. The van der Waals surface area contributed by atoms with Crippen molar-refractivity contribution in [1.82, 2.24) is 0 Å². The number of rotatable bonds is 11. The Hall–Kier alpha value is -2.36. The number of aromatic hydroxyl groups is 2. The molecule has 24 heavy (non-hydrogen) atoms. The molecular weight excluding hydrogens is 304 g/mol. The van der Waals surface area contributed by atoms with Crippen molar-refractivity contribution in [3.8, 4) is 23.0 Å². The summed E-state index contributed by atoms with van der Waals surface area (Å²) in [4.78, 5) is 0. The molecule has 0 bridgehead atoms. The van der Waals surface area contributed by atoms with E-state index in [2.05, 4.69) is 0 Å². The molecule has 0 aliphatic carbocycles. The molecule has 0 amide bonds. The van der Waals surface area contributed by atoms with Gasteiger partial charge in [-0.2, -0.15) is 0 Å².